The Morgan fingerprint density at radius 1 is 0.811 bits per heavy atom. The predicted molar refractivity (Wildman–Crippen MR) is 144 cm³/mol. The van der Waals surface area contributed by atoms with E-state index in [-0.39, 0.29) is 19.1 Å². The summed E-state index contributed by atoms with van der Waals surface area (Å²) in [5.41, 5.74) is 1.31. The fourth-order valence-electron chi connectivity index (χ4n) is 7.14. The third-order valence-electron chi connectivity index (χ3n) is 8.98. The van der Waals surface area contributed by atoms with E-state index in [2.05, 4.69) is 55.1 Å². The van der Waals surface area contributed by atoms with Gasteiger partial charge in [0.05, 0.1) is 18.8 Å². The van der Waals surface area contributed by atoms with Crippen molar-refractivity contribution in [1.82, 2.24) is 0 Å². The number of benzene rings is 3. The number of carbonyl (C=O) groups is 2. The third kappa shape index (κ3) is 3.36. The minimum atomic E-state index is -1.53. The lowest BCUT2D eigenvalue weighted by Crippen LogP contribution is -2.66. The van der Waals surface area contributed by atoms with Crippen molar-refractivity contribution in [3.05, 3.63) is 102 Å². The van der Waals surface area contributed by atoms with E-state index in [1.807, 2.05) is 48.5 Å². The fourth-order valence-corrected chi connectivity index (χ4v) is 7.14. The smallest absolute Gasteiger partial charge is 0.325 e. The molecule has 0 unspecified atom stereocenters. The predicted octanol–water partition coefficient (Wildman–Crippen LogP) is 6.02. The number of ether oxygens (including phenoxy) is 2. The highest BCUT2D eigenvalue weighted by atomic mass is 16.6. The Morgan fingerprint density at radius 3 is 1.95 bits per heavy atom. The molecule has 5 heteroatoms. The van der Waals surface area contributed by atoms with Crippen LogP contribution < -0.4 is 4.90 Å². The molecule has 0 radical (unpaired) electrons. The van der Waals surface area contributed by atoms with Crippen molar-refractivity contribution < 1.29 is 19.1 Å². The molecule has 1 aliphatic carbocycles. The molecule has 1 fully saturated rings. The number of hydrogen-bond acceptors (Lipinski definition) is 5. The Bertz CT molecular complexity index is 1270. The highest BCUT2D eigenvalue weighted by Gasteiger charge is 2.80. The first-order valence-electron chi connectivity index (χ1n) is 13.2. The highest BCUT2D eigenvalue weighted by molar-refractivity contribution is 6.05. The molecule has 3 aromatic rings. The second-order valence-electron chi connectivity index (χ2n) is 10.4. The van der Waals surface area contributed by atoms with Crippen LogP contribution in [0.1, 0.15) is 56.7 Å². The molecule has 3 aromatic carbocycles. The Morgan fingerprint density at radius 2 is 1.35 bits per heavy atom. The minimum Gasteiger partial charge on any atom is -0.465 e. The van der Waals surface area contributed by atoms with E-state index in [1.165, 1.54) is 0 Å². The molecule has 0 N–H and O–H groups in total. The summed E-state index contributed by atoms with van der Waals surface area (Å²) in [5.74, 6) is -1.13. The molecule has 37 heavy (non-hydrogen) atoms. The van der Waals surface area contributed by atoms with Crippen molar-refractivity contribution in [1.29, 1.82) is 0 Å². The quantitative estimate of drug-likeness (QED) is 0.295. The fraction of sp³-hybridized carbons (Fsp3) is 0.375. The van der Waals surface area contributed by atoms with E-state index < -0.39 is 28.3 Å². The van der Waals surface area contributed by atoms with Crippen molar-refractivity contribution in [3.63, 3.8) is 0 Å². The molecule has 0 bridgehead atoms. The van der Waals surface area contributed by atoms with E-state index in [4.69, 9.17) is 9.47 Å². The summed E-state index contributed by atoms with van der Waals surface area (Å²) in [5, 5.41) is 0. The summed E-state index contributed by atoms with van der Waals surface area (Å²) in [6, 6.07) is 28.8. The van der Waals surface area contributed by atoms with Crippen LogP contribution in [0.15, 0.2) is 84.9 Å². The van der Waals surface area contributed by atoms with Gasteiger partial charge in [-0.1, -0.05) is 85.8 Å². The van der Waals surface area contributed by atoms with Gasteiger partial charge in [-0.25, -0.2) is 0 Å². The molecule has 1 saturated carbocycles. The molecular weight excluding hydrogens is 462 g/mol. The maximum atomic E-state index is 14.1. The monoisotopic (exact) mass is 497 g/mol. The lowest BCUT2D eigenvalue weighted by Gasteiger charge is -2.50. The number of esters is 2. The van der Waals surface area contributed by atoms with Crippen LogP contribution in [0.3, 0.4) is 0 Å². The first kappa shape index (κ1) is 25.1. The zero-order chi connectivity index (χ0) is 26.3. The second kappa shape index (κ2) is 9.37. The Balaban J connectivity index is 1.83. The molecule has 1 aliphatic heterocycles. The van der Waals surface area contributed by atoms with Crippen LogP contribution in [-0.4, -0.2) is 30.7 Å². The van der Waals surface area contributed by atoms with Gasteiger partial charge in [0, 0.05) is 17.6 Å². The van der Waals surface area contributed by atoms with Gasteiger partial charge < -0.3 is 14.4 Å². The first-order valence-corrected chi connectivity index (χ1v) is 13.2. The SMILES string of the molecule is CCOC(=O)C1(C(=O)OCC)C[C@@H](c2ccccc2)[C@@]2(C)c3ccccc3N(Cc3ccccc3)[C@@]12C. The van der Waals surface area contributed by atoms with Gasteiger partial charge in [-0.05, 0) is 55.9 Å². The van der Waals surface area contributed by atoms with Crippen LogP contribution in [-0.2, 0) is 31.0 Å². The molecule has 0 aromatic heterocycles. The Kier molecular flexibility index (Phi) is 6.35. The maximum Gasteiger partial charge on any atom is 0.325 e. The Labute approximate surface area is 219 Å². The van der Waals surface area contributed by atoms with E-state index in [1.54, 1.807) is 13.8 Å². The van der Waals surface area contributed by atoms with Crippen molar-refractivity contribution >= 4 is 17.6 Å². The average Bonchev–Trinajstić information content (AvgIpc) is 3.25. The first-order chi connectivity index (χ1) is 17.9. The van der Waals surface area contributed by atoms with Crippen molar-refractivity contribution in [2.45, 2.75) is 57.5 Å². The van der Waals surface area contributed by atoms with Gasteiger partial charge in [0.2, 0.25) is 0 Å². The molecule has 5 rings (SSSR count). The minimum absolute atomic E-state index is 0.116. The van der Waals surface area contributed by atoms with Gasteiger partial charge in [-0.15, -0.1) is 0 Å². The number of nitrogens with zero attached hydrogens (tertiary/aromatic N) is 1. The molecule has 5 nitrogen and oxygen atoms in total. The van der Waals surface area contributed by atoms with Crippen LogP contribution in [0.25, 0.3) is 0 Å². The average molecular weight is 498 g/mol. The molecule has 2 aliphatic rings. The van der Waals surface area contributed by atoms with Crippen LogP contribution in [0.4, 0.5) is 5.69 Å². The summed E-state index contributed by atoms with van der Waals surface area (Å²) in [6.45, 7) is 8.79. The van der Waals surface area contributed by atoms with Crippen LogP contribution >= 0.6 is 0 Å². The van der Waals surface area contributed by atoms with Gasteiger partial charge >= 0.3 is 11.9 Å². The topological polar surface area (TPSA) is 55.8 Å². The van der Waals surface area contributed by atoms with E-state index >= 15 is 0 Å². The van der Waals surface area contributed by atoms with E-state index in [9.17, 15) is 9.59 Å². The summed E-state index contributed by atoms with van der Waals surface area (Å²) >= 11 is 0. The maximum absolute atomic E-state index is 14.1. The van der Waals surface area contributed by atoms with Crippen molar-refractivity contribution in [3.8, 4) is 0 Å². The Hall–Kier alpha value is -3.60. The zero-order valence-electron chi connectivity index (χ0n) is 22.1. The summed E-state index contributed by atoms with van der Waals surface area (Å²) in [7, 11) is 0. The third-order valence-corrected chi connectivity index (χ3v) is 8.98. The molecule has 0 amide bonds. The zero-order valence-corrected chi connectivity index (χ0v) is 22.1. The molecule has 0 spiro atoms. The van der Waals surface area contributed by atoms with Gasteiger partial charge in [0.1, 0.15) is 0 Å². The molecule has 192 valence electrons. The summed E-state index contributed by atoms with van der Waals surface area (Å²) in [4.78, 5) is 30.6. The number of hydrogen-bond donors (Lipinski definition) is 0. The lowest BCUT2D eigenvalue weighted by molar-refractivity contribution is -0.176. The van der Waals surface area contributed by atoms with E-state index in [0.29, 0.717) is 13.0 Å². The molecular formula is C32H35NO4. The number of carbonyl (C=O) groups excluding carboxylic acids is 2. The number of anilines is 1. The summed E-state index contributed by atoms with van der Waals surface area (Å²) in [6.07, 6.45) is 0.307. The second-order valence-corrected chi connectivity index (χ2v) is 10.4. The number of fused-ring (bicyclic) bond motifs is 3. The molecule has 0 saturated heterocycles. The van der Waals surface area contributed by atoms with Crippen molar-refractivity contribution in [2.75, 3.05) is 18.1 Å². The van der Waals surface area contributed by atoms with Crippen LogP contribution in [0.5, 0.6) is 0 Å². The molecule has 1 heterocycles. The standard InChI is InChI=1S/C32H35NO4/c1-5-36-28(34)32(29(35)37-6-2)21-26(24-17-11-8-12-18-24)30(3)25-19-13-14-20-27(25)33(31(30,32)4)22-23-15-9-7-10-16-23/h7-20,26H,5-6,21-22H2,1-4H3/t26-,30+,31+/m0/s1. The lowest BCUT2D eigenvalue weighted by atomic mass is 9.60. The number of para-hydroxylation sites is 1. The van der Waals surface area contributed by atoms with E-state index in [0.717, 1.165) is 22.4 Å². The van der Waals surface area contributed by atoms with Crippen LogP contribution in [0, 0.1) is 5.41 Å². The highest BCUT2D eigenvalue weighted by Crippen LogP contribution is 2.72. The summed E-state index contributed by atoms with van der Waals surface area (Å²) < 4.78 is 11.5. The molecule has 3 atom stereocenters. The van der Waals surface area contributed by atoms with Gasteiger partial charge in [0.25, 0.3) is 0 Å². The van der Waals surface area contributed by atoms with Gasteiger partial charge in [-0.2, -0.15) is 0 Å². The number of rotatable bonds is 7. The van der Waals surface area contributed by atoms with Crippen molar-refractivity contribution in [2.24, 2.45) is 5.41 Å². The largest absolute Gasteiger partial charge is 0.465 e. The van der Waals surface area contributed by atoms with Crippen LogP contribution in [0.2, 0.25) is 0 Å². The van der Waals surface area contributed by atoms with Gasteiger partial charge in [0.15, 0.2) is 5.41 Å². The normalized spacial score (nSPS) is 25.3. The van der Waals surface area contributed by atoms with Gasteiger partial charge in [-0.3, -0.25) is 9.59 Å².